The second kappa shape index (κ2) is 9.56. The molecule has 2 aliphatic heterocycles. The van der Waals surface area contributed by atoms with Crippen molar-refractivity contribution in [2.45, 2.75) is 39.7 Å². The van der Waals surface area contributed by atoms with Gasteiger partial charge in [-0.25, -0.2) is 0 Å². The molecular formula is C22H36N4O. The van der Waals surface area contributed by atoms with Gasteiger partial charge in [0, 0.05) is 45.3 Å². The van der Waals surface area contributed by atoms with Gasteiger partial charge in [-0.05, 0) is 30.7 Å². The fourth-order valence-corrected chi connectivity index (χ4v) is 4.09. The lowest BCUT2D eigenvalue weighted by Gasteiger charge is -2.32. The molecule has 3 rings (SSSR count). The monoisotopic (exact) mass is 372 g/mol. The number of nitrogens with one attached hydrogen (secondary N) is 1. The molecule has 1 atom stereocenters. The van der Waals surface area contributed by atoms with Gasteiger partial charge in [-0.15, -0.1) is 0 Å². The summed E-state index contributed by atoms with van der Waals surface area (Å²) in [5, 5.41) is 3.52. The van der Waals surface area contributed by atoms with Gasteiger partial charge in [0.2, 0.25) is 0 Å². The van der Waals surface area contributed by atoms with E-state index >= 15 is 0 Å². The van der Waals surface area contributed by atoms with Gasteiger partial charge in [0.25, 0.3) is 0 Å². The minimum atomic E-state index is 0.144. The highest BCUT2D eigenvalue weighted by Gasteiger charge is 2.30. The maximum absolute atomic E-state index is 5.51. The van der Waals surface area contributed by atoms with Gasteiger partial charge in [-0.1, -0.05) is 44.2 Å². The highest BCUT2D eigenvalue weighted by Crippen LogP contribution is 2.23. The summed E-state index contributed by atoms with van der Waals surface area (Å²) in [6.07, 6.45) is 2.27. The van der Waals surface area contributed by atoms with Crippen molar-refractivity contribution in [3.8, 4) is 0 Å². The van der Waals surface area contributed by atoms with E-state index in [1.807, 2.05) is 0 Å². The molecule has 0 aromatic heterocycles. The number of rotatable bonds is 6. The number of guanidine groups is 1. The lowest BCUT2D eigenvalue weighted by molar-refractivity contribution is 0.0195. The van der Waals surface area contributed by atoms with Crippen molar-refractivity contribution in [3.05, 3.63) is 35.9 Å². The van der Waals surface area contributed by atoms with E-state index in [0.29, 0.717) is 6.04 Å². The average Bonchev–Trinajstić information content (AvgIpc) is 3.16. The van der Waals surface area contributed by atoms with E-state index < -0.39 is 0 Å². The van der Waals surface area contributed by atoms with Crippen LogP contribution in [0.25, 0.3) is 0 Å². The fourth-order valence-electron chi connectivity index (χ4n) is 4.09. The van der Waals surface area contributed by atoms with E-state index in [9.17, 15) is 0 Å². The van der Waals surface area contributed by atoms with Gasteiger partial charge < -0.3 is 15.0 Å². The molecule has 2 fully saturated rings. The van der Waals surface area contributed by atoms with E-state index in [1.54, 1.807) is 0 Å². The van der Waals surface area contributed by atoms with Crippen molar-refractivity contribution in [2.75, 3.05) is 52.5 Å². The molecule has 1 aromatic rings. The molecule has 0 amide bonds. The topological polar surface area (TPSA) is 40.1 Å². The number of aliphatic imine (C=N–C) groups is 1. The lowest BCUT2D eigenvalue weighted by Crippen LogP contribution is -2.46. The van der Waals surface area contributed by atoms with Crippen LogP contribution >= 0.6 is 0 Å². The Hall–Kier alpha value is -1.59. The first kappa shape index (κ1) is 20.2. The summed E-state index contributed by atoms with van der Waals surface area (Å²) in [5.74, 6) is 1.08. The van der Waals surface area contributed by atoms with Crippen LogP contribution < -0.4 is 5.32 Å². The molecule has 2 aliphatic rings. The maximum atomic E-state index is 5.51. The van der Waals surface area contributed by atoms with Crippen molar-refractivity contribution < 1.29 is 4.74 Å². The molecule has 2 saturated heterocycles. The van der Waals surface area contributed by atoms with Crippen molar-refractivity contribution in [2.24, 2.45) is 10.4 Å². The number of nitrogens with zero attached hydrogens (tertiary/aromatic N) is 3. The molecule has 5 nitrogen and oxygen atoms in total. The molecule has 1 aromatic carbocycles. The Balaban J connectivity index is 1.59. The Labute approximate surface area is 164 Å². The summed E-state index contributed by atoms with van der Waals surface area (Å²) >= 11 is 0. The lowest BCUT2D eigenvalue weighted by atomic mass is 9.86. The number of hydrogen-bond acceptors (Lipinski definition) is 3. The van der Waals surface area contributed by atoms with Crippen molar-refractivity contribution in [1.29, 1.82) is 0 Å². The van der Waals surface area contributed by atoms with Gasteiger partial charge in [0.1, 0.15) is 0 Å². The zero-order chi connectivity index (χ0) is 19.1. The van der Waals surface area contributed by atoms with Crippen molar-refractivity contribution >= 4 is 5.96 Å². The average molecular weight is 373 g/mol. The zero-order valence-electron chi connectivity index (χ0n) is 17.3. The zero-order valence-corrected chi connectivity index (χ0v) is 17.3. The highest BCUT2D eigenvalue weighted by atomic mass is 16.5. The second-order valence-corrected chi connectivity index (χ2v) is 8.53. The summed E-state index contributed by atoms with van der Waals surface area (Å²) in [4.78, 5) is 10.1. The summed E-state index contributed by atoms with van der Waals surface area (Å²) in [6.45, 7) is 14.6. The highest BCUT2D eigenvalue weighted by molar-refractivity contribution is 5.80. The minimum Gasteiger partial charge on any atom is -0.379 e. The molecule has 0 bridgehead atoms. The smallest absolute Gasteiger partial charge is 0.193 e. The Bertz CT molecular complexity index is 596. The third-order valence-electron chi connectivity index (χ3n) is 5.54. The van der Waals surface area contributed by atoms with Gasteiger partial charge in [0.15, 0.2) is 5.96 Å². The Morgan fingerprint density at radius 2 is 1.93 bits per heavy atom. The van der Waals surface area contributed by atoms with Crippen LogP contribution in [0, 0.1) is 5.41 Å². The van der Waals surface area contributed by atoms with Crippen LogP contribution in [-0.2, 0) is 11.2 Å². The molecule has 0 radical (unpaired) electrons. The van der Waals surface area contributed by atoms with Crippen LogP contribution in [0.3, 0.4) is 0 Å². The summed E-state index contributed by atoms with van der Waals surface area (Å²) in [5.41, 5.74) is 1.53. The van der Waals surface area contributed by atoms with Gasteiger partial charge >= 0.3 is 0 Å². The third-order valence-corrected chi connectivity index (χ3v) is 5.54. The van der Waals surface area contributed by atoms with E-state index in [0.717, 1.165) is 64.9 Å². The predicted molar refractivity (Wildman–Crippen MR) is 112 cm³/mol. The molecule has 150 valence electrons. The second-order valence-electron chi connectivity index (χ2n) is 8.53. The normalized spacial score (nSPS) is 22.3. The van der Waals surface area contributed by atoms with Crippen molar-refractivity contribution in [3.63, 3.8) is 0 Å². The number of ether oxygens (including phenoxy) is 1. The molecular weight excluding hydrogens is 336 g/mol. The largest absolute Gasteiger partial charge is 0.379 e. The van der Waals surface area contributed by atoms with E-state index in [4.69, 9.17) is 9.73 Å². The first-order valence-electron chi connectivity index (χ1n) is 10.5. The predicted octanol–water partition coefficient (Wildman–Crippen LogP) is 2.63. The Morgan fingerprint density at radius 1 is 1.19 bits per heavy atom. The quantitative estimate of drug-likeness (QED) is 0.616. The van der Waals surface area contributed by atoms with Crippen molar-refractivity contribution in [1.82, 2.24) is 15.1 Å². The number of likely N-dealkylation sites (tertiary alicyclic amines) is 1. The van der Waals surface area contributed by atoms with Crippen LogP contribution in [0.4, 0.5) is 0 Å². The van der Waals surface area contributed by atoms with E-state index in [-0.39, 0.29) is 5.41 Å². The number of benzene rings is 1. The Kier molecular flexibility index (Phi) is 7.13. The molecule has 27 heavy (non-hydrogen) atoms. The third kappa shape index (κ3) is 5.94. The summed E-state index contributed by atoms with van der Waals surface area (Å²) < 4.78 is 5.51. The Morgan fingerprint density at radius 3 is 2.63 bits per heavy atom. The molecule has 0 saturated carbocycles. The molecule has 1 unspecified atom stereocenters. The van der Waals surface area contributed by atoms with Gasteiger partial charge in [-0.3, -0.25) is 9.89 Å². The summed E-state index contributed by atoms with van der Waals surface area (Å²) in [7, 11) is 0. The number of morpholine rings is 1. The minimum absolute atomic E-state index is 0.144. The van der Waals surface area contributed by atoms with E-state index in [2.05, 4.69) is 66.2 Å². The van der Waals surface area contributed by atoms with Crippen LogP contribution in [-0.4, -0.2) is 74.3 Å². The van der Waals surface area contributed by atoms with E-state index in [1.165, 1.54) is 12.0 Å². The maximum Gasteiger partial charge on any atom is 0.193 e. The number of hydrogen-bond donors (Lipinski definition) is 1. The molecule has 0 aliphatic carbocycles. The first-order valence-corrected chi connectivity index (χ1v) is 10.5. The van der Waals surface area contributed by atoms with Gasteiger partial charge in [-0.2, -0.15) is 0 Å². The van der Waals surface area contributed by atoms with Crippen LogP contribution in [0.1, 0.15) is 32.8 Å². The van der Waals surface area contributed by atoms with Crippen LogP contribution in [0.2, 0.25) is 0 Å². The summed E-state index contributed by atoms with van der Waals surface area (Å²) in [6, 6.07) is 11.4. The van der Waals surface area contributed by atoms with Crippen LogP contribution in [0.15, 0.2) is 35.3 Å². The first-order chi connectivity index (χ1) is 13.1. The SMILES string of the molecule is CCNC(=NCC(C)(C)Cc1ccccc1)N1CCC(N2CCOCC2)C1. The van der Waals surface area contributed by atoms with Crippen LogP contribution in [0.5, 0.6) is 0 Å². The van der Waals surface area contributed by atoms with Gasteiger partial charge in [0.05, 0.1) is 13.2 Å². The molecule has 1 N–H and O–H groups in total. The molecule has 0 spiro atoms. The fraction of sp³-hybridized carbons (Fsp3) is 0.682. The molecule has 2 heterocycles. The molecule has 5 heteroatoms. The standard InChI is InChI=1S/C22H36N4O/c1-4-23-21(24-18-22(2,3)16-19-8-6-5-7-9-19)26-11-10-20(17-26)25-12-14-27-15-13-25/h5-9,20H,4,10-18H2,1-3H3,(H,23,24).